The maximum Gasteiger partial charge on any atom is 0.231 e. The van der Waals surface area contributed by atoms with Gasteiger partial charge in [0.2, 0.25) is 15.9 Å². The average molecular weight is 346 g/mol. The van der Waals surface area contributed by atoms with Crippen molar-refractivity contribution in [1.29, 1.82) is 0 Å². The first-order valence-corrected chi connectivity index (χ1v) is 9.19. The molecule has 3 rings (SSSR count). The van der Waals surface area contributed by atoms with Crippen molar-refractivity contribution in [2.24, 2.45) is 5.92 Å². The van der Waals surface area contributed by atoms with Crippen molar-refractivity contribution in [3.05, 3.63) is 23.2 Å². The van der Waals surface area contributed by atoms with Crippen LogP contribution in [-0.4, -0.2) is 43.0 Å². The van der Waals surface area contributed by atoms with Gasteiger partial charge in [-0.25, -0.2) is 17.7 Å². The molecule has 1 aromatic heterocycles. The molecule has 1 aromatic carbocycles. The van der Waals surface area contributed by atoms with Gasteiger partial charge in [0, 0.05) is 18.1 Å². The van der Waals surface area contributed by atoms with Crippen LogP contribution in [0.4, 0.5) is 5.13 Å². The third-order valence-corrected chi connectivity index (χ3v) is 5.67. The predicted octanol–water partition coefficient (Wildman–Crippen LogP) is 1.78. The van der Waals surface area contributed by atoms with Crippen molar-refractivity contribution < 1.29 is 13.2 Å². The van der Waals surface area contributed by atoms with Crippen LogP contribution < -0.4 is 5.32 Å². The molecule has 0 radical (unpaired) electrons. The Balaban J connectivity index is 1.67. The van der Waals surface area contributed by atoms with Crippen molar-refractivity contribution in [2.45, 2.75) is 0 Å². The Morgan fingerprint density at radius 2 is 2.19 bits per heavy atom. The number of aromatic nitrogens is 1. The number of nitrogens with one attached hydrogen (secondary N) is 1. The number of carbonyl (C=O) groups is 1. The van der Waals surface area contributed by atoms with E-state index in [2.05, 4.69) is 10.3 Å². The molecule has 6 nitrogen and oxygen atoms in total. The van der Waals surface area contributed by atoms with Gasteiger partial charge in [0.1, 0.15) is 0 Å². The molecule has 21 heavy (non-hydrogen) atoms. The normalized spacial score (nSPS) is 16.9. The minimum Gasteiger partial charge on any atom is -0.302 e. The van der Waals surface area contributed by atoms with Crippen molar-refractivity contribution in [2.75, 3.05) is 24.7 Å². The van der Waals surface area contributed by atoms with Gasteiger partial charge in [-0.3, -0.25) is 4.79 Å². The molecule has 0 saturated carbocycles. The summed E-state index contributed by atoms with van der Waals surface area (Å²) >= 11 is 7.24. The number of sulfonamides is 1. The number of rotatable bonds is 3. The van der Waals surface area contributed by atoms with E-state index in [4.69, 9.17) is 11.6 Å². The van der Waals surface area contributed by atoms with Gasteiger partial charge in [0.05, 0.1) is 22.4 Å². The number of hydrogen-bond acceptors (Lipinski definition) is 5. The second-order valence-corrected chi connectivity index (χ2v) is 8.35. The monoisotopic (exact) mass is 345 g/mol. The zero-order valence-electron chi connectivity index (χ0n) is 11.0. The quantitative estimate of drug-likeness (QED) is 0.919. The van der Waals surface area contributed by atoms with Crippen LogP contribution in [0, 0.1) is 5.92 Å². The van der Waals surface area contributed by atoms with Crippen LogP contribution in [0.3, 0.4) is 0 Å². The van der Waals surface area contributed by atoms with Crippen LogP contribution in [0.5, 0.6) is 0 Å². The Kier molecular flexibility index (Phi) is 3.64. The van der Waals surface area contributed by atoms with Crippen molar-refractivity contribution in [1.82, 2.24) is 9.29 Å². The highest BCUT2D eigenvalue weighted by molar-refractivity contribution is 7.88. The maximum atomic E-state index is 12.0. The topological polar surface area (TPSA) is 79.4 Å². The second kappa shape index (κ2) is 5.20. The minimum atomic E-state index is -3.21. The number of hydrogen-bond donors (Lipinski definition) is 1. The van der Waals surface area contributed by atoms with Gasteiger partial charge in [0.25, 0.3) is 0 Å². The minimum absolute atomic E-state index is 0.208. The van der Waals surface area contributed by atoms with Crippen LogP contribution in [0.1, 0.15) is 0 Å². The summed E-state index contributed by atoms with van der Waals surface area (Å²) in [6.07, 6.45) is 1.14. The number of halogens is 1. The largest absolute Gasteiger partial charge is 0.302 e. The van der Waals surface area contributed by atoms with E-state index >= 15 is 0 Å². The smallest absolute Gasteiger partial charge is 0.231 e. The highest BCUT2D eigenvalue weighted by atomic mass is 35.5. The number of anilines is 1. The van der Waals surface area contributed by atoms with Gasteiger partial charge in [-0.1, -0.05) is 22.9 Å². The number of fused-ring (bicyclic) bond motifs is 1. The molecule has 9 heteroatoms. The summed E-state index contributed by atoms with van der Waals surface area (Å²) in [5, 5.41) is 3.84. The first-order chi connectivity index (χ1) is 9.83. The fourth-order valence-corrected chi connectivity index (χ4v) is 4.08. The predicted molar refractivity (Wildman–Crippen MR) is 83.2 cm³/mol. The van der Waals surface area contributed by atoms with Crippen LogP contribution in [0.25, 0.3) is 10.2 Å². The molecule has 1 saturated heterocycles. The standard InChI is InChI=1S/C12H12ClN3O3S2/c1-21(18,19)16-5-7(6-16)11(17)15-12-14-9-3-2-8(13)4-10(9)20-12/h2-4,7H,5-6H2,1H3,(H,14,15,17). The Labute approximate surface area is 130 Å². The van der Waals surface area contributed by atoms with Gasteiger partial charge >= 0.3 is 0 Å². The molecule has 0 atom stereocenters. The van der Waals surface area contributed by atoms with E-state index in [-0.39, 0.29) is 24.9 Å². The highest BCUT2D eigenvalue weighted by Crippen LogP contribution is 2.29. The molecule has 0 unspecified atom stereocenters. The first kappa shape index (κ1) is 14.7. The SMILES string of the molecule is CS(=O)(=O)N1CC(C(=O)Nc2nc3ccc(Cl)cc3s2)C1. The molecule has 112 valence electrons. The average Bonchev–Trinajstić information content (AvgIpc) is 2.65. The van der Waals surface area contributed by atoms with Crippen molar-refractivity contribution in [3.8, 4) is 0 Å². The molecular formula is C12H12ClN3O3S2. The fraction of sp³-hybridized carbons (Fsp3) is 0.333. The molecule has 2 aromatic rings. The van der Waals surface area contributed by atoms with E-state index in [1.165, 1.54) is 15.6 Å². The number of nitrogens with zero attached hydrogens (tertiary/aromatic N) is 2. The molecule has 1 N–H and O–H groups in total. The van der Waals surface area contributed by atoms with E-state index in [9.17, 15) is 13.2 Å². The Bertz CT molecular complexity index is 812. The van der Waals surface area contributed by atoms with Gasteiger partial charge in [-0.05, 0) is 18.2 Å². The molecule has 2 heterocycles. The third-order valence-electron chi connectivity index (χ3n) is 3.27. The van der Waals surface area contributed by atoms with E-state index in [1.54, 1.807) is 18.2 Å². The third kappa shape index (κ3) is 3.03. The molecule has 0 spiro atoms. The molecule has 0 aliphatic carbocycles. The lowest BCUT2D eigenvalue weighted by atomic mass is 10.0. The lowest BCUT2D eigenvalue weighted by Gasteiger charge is -2.35. The summed E-state index contributed by atoms with van der Waals surface area (Å²) in [6, 6.07) is 5.32. The van der Waals surface area contributed by atoms with E-state index in [0.29, 0.717) is 10.2 Å². The summed E-state index contributed by atoms with van der Waals surface area (Å²) in [6.45, 7) is 0.447. The lowest BCUT2D eigenvalue weighted by molar-refractivity contribution is -0.122. The zero-order chi connectivity index (χ0) is 15.2. The molecule has 1 aliphatic heterocycles. The zero-order valence-corrected chi connectivity index (χ0v) is 13.4. The Morgan fingerprint density at radius 1 is 1.48 bits per heavy atom. The Hall–Kier alpha value is -1.22. The molecule has 1 amide bonds. The summed E-state index contributed by atoms with van der Waals surface area (Å²) in [4.78, 5) is 16.3. The van der Waals surface area contributed by atoms with Gasteiger partial charge in [0.15, 0.2) is 5.13 Å². The number of carbonyl (C=O) groups excluding carboxylic acids is 1. The van der Waals surface area contributed by atoms with Crippen molar-refractivity contribution in [3.63, 3.8) is 0 Å². The molecule has 0 bridgehead atoms. The van der Waals surface area contributed by atoms with E-state index < -0.39 is 10.0 Å². The molecule has 1 aliphatic rings. The van der Waals surface area contributed by atoms with Gasteiger partial charge in [-0.2, -0.15) is 0 Å². The molecular weight excluding hydrogens is 334 g/mol. The van der Waals surface area contributed by atoms with Crippen LogP contribution >= 0.6 is 22.9 Å². The number of amides is 1. The fourth-order valence-electron chi connectivity index (χ4n) is 2.03. The summed E-state index contributed by atoms with van der Waals surface area (Å²) in [7, 11) is -3.21. The van der Waals surface area contributed by atoms with Crippen LogP contribution in [0.2, 0.25) is 5.02 Å². The Morgan fingerprint density at radius 3 is 2.86 bits per heavy atom. The van der Waals surface area contributed by atoms with E-state index in [0.717, 1.165) is 16.5 Å². The maximum absolute atomic E-state index is 12.0. The summed E-state index contributed by atoms with van der Waals surface area (Å²) in [5.41, 5.74) is 0.770. The lowest BCUT2D eigenvalue weighted by Crippen LogP contribution is -2.53. The number of thiazole rings is 1. The van der Waals surface area contributed by atoms with Gasteiger partial charge in [-0.15, -0.1) is 0 Å². The highest BCUT2D eigenvalue weighted by Gasteiger charge is 2.37. The summed E-state index contributed by atoms with van der Waals surface area (Å²) in [5.74, 6) is -0.532. The van der Waals surface area contributed by atoms with Crippen molar-refractivity contribution >= 4 is 54.2 Å². The molecule has 1 fully saturated rings. The van der Waals surface area contributed by atoms with Crippen LogP contribution in [-0.2, 0) is 14.8 Å². The summed E-state index contributed by atoms with van der Waals surface area (Å²) < 4.78 is 24.7. The second-order valence-electron chi connectivity index (χ2n) is 4.90. The number of benzene rings is 1. The van der Waals surface area contributed by atoms with Crippen LogP contribution in [0.15, 0.2) is 18.2 Å². The van der Waals surface area contributed by atoms with Gasteiger partial charge < -0.3 is 5.32 Å². The first-order valence-electron chi connectivity index (χ1n) is 6.15. The van der Waals surface area contributed by atoms with E-state index in [1.807, 2.05) is 0 Å².